The van der Waals surface area contributed by atoms with Gasteiger partial charge >= 0.3 is 0 Å². The van der Waals surface area contributed by atoms with E-state index in [1.54, 1.807) is 12.1 Å². The van der Waals surface area contributed by atoms with E-state index in [4.69, 9.17) is 11.6 Å². The summed E-state index contributed by atoms with van der Waals surface area (Å²) >= 11 is 7.34. The molecule has 0 unspecified atom stereocenters. The smallest absolute Gasteiger partial charge is 0.240 e. The Hall–Kier alpha value is -0.950. The van der Waals surface area contributed by atoms with Gasteiger partial charge in [-0.3, -0.25) is 0 Å². The minimum atomic E-state index is -3.56. The summed E-state index contributed by atoms with van der Waals surface area (Å²) in [5.74, 6) is 0.346. The van der Waals surface area contributed by atoms with E-state index in [1.807, 2.05) is 5.38 Å². The zero-order valence-electron chi connectivity index (χ0n) is 11.1. The van der Waals surface area contributed by atoms with Gasteiger partial charge in [0, 0.05) is 16.3 Å². The van der Waals surface area contributed by atoms with Crippen molar-refractivity contribution in [2.75, 3.05) is 0 Å². The summed E-state index contributed by atoms with van der Waals surface area (Å²) in [6, 6.07) is 6.17. The Labute approximate surface area is 127 Å². The molecule has 1 aromatic heterocycles. The number of halogens is 1. The molecule has 4 nitrogen and oxygen atoms in total. The van der Waals surface area contributed by atoms with Crippen molar-refractivity contribution in [3.8, 4) is 0 Å². The SMILES string of the molecule is CC(C)c1nc(CNS(=O)(=O)c2cccc(Cl)c2)cs1. The van der Waals surface area contributed by atoms with Crippen LogP contribution in [-0.4, -0.2) is 13.4 Å². The number of hydrogen-bond acceptors (Lipinski definition) is 4. The number of rotatable bonds is 5. The number of nitrogens with one attached hydrogen (secondary N) is 1. The monoisotopic (exact) mass is 330 g/mol. The molecule has 0 saturated heterocycles. The quantitative estimate of drug-likeness (QED) is 0.914. The standard InChI is InChI=1S/C13H15ClN2O2S2/c1-9(2)13-16-11(8-19-13)7-15-20(17,18)12-5-3-4-10(14)6-12/h3-6,8-9,15H,7H2,1-2H3. The second-order valence-electron chi connectivity index (χ2n) is 4.61. The molecule has 0 fully saturated rings. The van der Waals surface area contributed by atoms with Gasteiger partial charge in [-0.2, -0.15) is 0 Å². The van der Waals surface area contributed by atoms with Crippen LogP contribution in [0.1, 0.15) is 30.5 Å². The molecule has 2 aromatic rings. The molecule has 0 spiro atoms. The lowest BCUT2D eigenvalue weighted by Crippen LogP contribution is -2.23. The summed E-state index contributed by atoms with van der Waals surface area (Å²) in [7, 11) is -3.56. The van der Waals surface area contributed by atoms with Crippen molar-refractivity contribution in [3.05, 3.63) is 45.4 Å². The highest BCUT2D eigenvalue weighted by atomic mass is 35.5. The normalized spacial score (nSPS) is 12.0. The van der Waals surface area contributed by atoms with Crippen molar-refractivity contribution in [1.82, 2.24) is 9.71 Å². The van der Waals surface area contributed by atoms with Crippen LogP contribution in [0.2, 0.25) is 5.02 Å². The molecule has 0 aliphatic rings. The Morgan fingerprint density at radius 1 is 1.40 bits per heavy atom. The average Bonchev–Trinajstić information content (AvgIpc) is 2.85. The van der Waals surface area contributed by atoms with Gasteiger partial charge in [-0.05, 0) is 18.2 Å². The fourth-order valence-electron chi connectivity index (χ4n) is 1.56. The lowest BCUT2D eigenvalue weighted by Gasteiger charge is -2.05. The largest absolute Gasteiger partial charge is 0.245 e. The van der Waals surface area contributed by atoms with Crippen LogP contribution in [0.3, 0.4) is 0 Å². The maximum absolute atomic E-state index is 12.1. The fourth-order valence-corrected chi connectivity index (χ4v) is 3.69. The highest BCUT2D eigenvalue weighted by Gasteiger charge is 2.15. The van der Waals surface area contributed by atoms with Gasteiger partial charge in [0.1, 0.15) is 0 Å². The Bertz CT molecular complexity index is 696. The third-order valence-electron chi connectivity index (χ3n) is 2.61. The van der Waals surface area contributed by atoms with Crippen molar-refractivity contribution in [2.45, 2.75) is 31.2 Å². The molecule has 1 N–H and O–H groups in total. The van der Waals surface area contributed by atoms with E-state index < -0.39 is 10.0 Å². The van der Waals surface area contributed by atoms with Crippen LogP contribution < -0.4 is 4.72 Å². The number of hydrogen-bond donors (Lipinski definition) is 1. The van der Waals surface area contributed by atoms with Gasteiger partial charge in [-0.25, -0.2) is 18.1 Å². The molecular formula is C13H15ClN2O2S2. The first-order valence-corrected chi connectivity index (χ1v) is 8.82. The first-order valence-electron chi connectivity index (χ1n) is 6.08. The lowest BCUT2D eigenvalue weighted by atomic mass is 10.2. The van der Waals surface area contributed by atoms with Gasteiger partial charge in [0.2, 0.25) is 10.0 Å². The Morgan fingerprint density at radius 2 is 2.15 bits per heavy atom. The Kier molecular flexibility index (Phi) is 4.80. The summed E-state index contributed by atoms with van der Waals surface area (Å²) in [5, 5.41) is 3.26. The molecule has 7 heteroatoms. The second-order valence-corrected chi connectivity index (χ2v) is 7.71. The van der Waals surface area contributed by atoms with Crippen LogP contribution in [0.15, 0.2) is 34.5 Å². The molecule has 20 heavy (non-hydrogen) atoms. The second kappa shape index (κ2) is 6.22. The van der Waals surface area contributed by atoms with E-state index in [9.17, 15) is 8.42 Å². The van der Waals surface area contributed by atoms with Crippen LogP contribution in [0.5, 0.6) is 0 Å². The lowest BCUT2D eigenvalue weighted by molar-refractivity contribution is 0.580. The maximum atomic E-state index is 12.1. The zero-order chi connectivity index (χ0) is 14.8. The molecule has 108 valence electrons. The number of sulfonamides is 1. The van der Waals surface area contributed by atoms with E-state index in [0.29, 0.717) is 10.9 Å². The topological polar surface area (TPSA) is 59.1 Å². The predicted octanol–water partition coefficient (Wildman–Crippen LogP) is 3.40. The molecule has 0 aliphatic carbocycles. The van der Waals surface area contributed by atoms with Crippen LogP contribution >= 0.6 is 22.9 Å². The van der Waals surface area contributed by atoms with E-state index in [-0.39, 0.29) is 11.4 Å². The highest BCUT2D eigenvalue weighted by Crippen LogP contribution is 2.20. The molecule has 0 amide bonds. The summed E-state index contributed by atoms with van der Waals surface area (Å²) in [6.07, 6.45) is 0. The molecule has 2 rings (SSSR count). The molecule has 0 atom stereocenters. The van der Waals surface area contributed by atoms with Crippen molar-refractivity contribution in [1.29, 1.82) is 0 Å². The molecule has 1 aromatic carbocycles. The van der Waals surface area contributed by atoms with E-state index in [0.717, 1.165) is 10.7 Å². The predicted molar refractivity (Wildman–Crippen MR) is 81.7 cm³/mol. The molecular weight excluding hydrogens is 316 g/mol. The van der Waals surface area contributed by atoms with E-state index in [2.05, 4.69) is 23.6 Å². The maximum Gasteiger partial charge on any atom is 0.240 e. The third-order valence-corrected chi connectivity index (χ3v) is 5.44. The van der Waals surface area contributed by atoms with E-state index >= 15 is 0 Å². The Morgan fingerprint density at radius 3 is 2.75 bits per heavy atom. The van der Waals surface area contributed by atoms with Crippen molar-refractivity contribution < 1.29 is 8.42 Å². The number of benzene rings is 1. The Balaban J connectivity index is 2.09. The summed E-state index contributed by atoms with van der Waals surface area (Å²) < 4.78 is 26.7. The van der Waals surface area contributed by atoms with Gasteiger partial charge in [-0.15, -0.1) is 11.3 Å². The first-order chi connectivity index (χ1) is 9.38. The van der Waals surface area contributed by atoms with Crippen molar-refractivity contribution >= 4 is 33.0 Å². The third kappa shape index (κ3) is 3.79. The van der Waals surface area contributed by atoms with Crippen molar-refractivity contribution in [2.24, 2.45) is 0 Å². The molecule has 0 saturated carbocycles. The molecule has 0 radical (unpaired) electrons. The van der Waals surface area contributed by atoms with Crippen LogP contribution in [0.25, 0.3) is 0 Å². The van der Waals surface area contributed by atoms with Crippen LogP contribution in [-0.2, 0) is 16.6 Å². The summed E-state index contributed by atoms with van der Waals surface area (Å²) in [4.78, 5) is 4.55. The minimum absolute atomic E-state index is 0.157. The zero-order valence-corrected chi connectivity index (χ0v) is 13.5. The first kappa shape index (κ1) is 15.4. The number of thiazole rings is 1. The van der Waals surface area contributed by atoms with E-state index in [1.165, 1.54) is 23.5 Å². The van der Waals surface area contributed by atoms with Crippen LogP contribution in [0.4, 0.5) is 0 Å². The summed E-state index contributed by atoms with van der Waals surface area (Å²) in [6.45, 7) is 4.29. The fraction of sp³-hybridized carbons (Fsp3) is 0.308. The number of nitrogens with zero attached hydrogens (tertiary/aromatic N) is 1. The van der Waals surface area contributed by atoms with Gasteiger partial charge in [0.15, 0.2) is 0 Å². The highest BCUT2D eigenvalue weighted by molar-refractivity contribution is 7.89. The van der Waals surface area contributed by atoms with Gasteiger partial charge in [0.25, 0.3) is 0 Å². The molecule has 1 heterocycles. The van der Waals surface area contributed by atoms with Gasteiger partial charge in [-0.1, -0.05) is 31.5 Å². The van der Waals surface area contributed by atoms with Crippen LogP contribution in [0, 0.1) is 0 Å². The van der Waals surface area contributed by atoms with Crippen molar-refractivity contribution in [3.63, 3.8) is 0 Å². The molecule has 0 aliphatic heterocycles. The van der Waals surface area contributed by atoms with Gasteiger partial charge < -0.3 is 0 Å². The molecule has 0 bridgehead atoms. The number of aromatic nitrogens is 1. The summed E-state index contributed by atoms with van der Waals surface area (Å²) in [5.41, 5.74) is 0.726. The average molecular weight is 331 g/mol. The minimum Gasteiger partial charge on any atom is -0.245 e. The van der Waals surface area contributed by atoms with Gasteiger partial charge in [0.05, 0.1) is 22.1 Å².